The summed E-state index contributed by atoms with van der Waals surface area (Å²) in [5.41, 5.74) is 0.888. The first-order chi connectivity index (χ1) is 7.14. The Kier molecular flexibility index (Phi) is 2.39. The Morgan fingerprint density at radius 2 is 2.27 bits per heavy atom. The molecule has 1 fully saturated rings. The van der Waals surface area contributed by atoms with E-state index in [9.17, 15) is 4.79 Å². The van der Waals surface area contributed by atoms with E-state index in [1.54, 1.807) is 7.11 Å². The van der Waals surface area contributed by atoms with Gasteiger partial charge in [-0.15, -0.1) is 0 Å². The summed E-state index contributed by atoms with van der Waals surface area (Å²) in [6, 6.07) is 7.79. The van der Waals surface area contributed by atoms with Crippen LogP contribution in [0, 0.1) is 0 Å². The highest BCUT2D eigenvalue weighted by Crippen LogP contribution is 2.34. The molecule has 15 heavy (non-hydrogen) atoms. The van der Waals surface area contributed by atoms with Gasteiger partial charge < -0.3 is 9.47 Å². The molecule has 0 bridgehead atoms. The van der Waals surface area contributed by atoms with E-state index in [1.165, 1.54) is 0 Å². The van der Waals surface area contributed by atoms with Crippen LogP contribution in [-0.4, -0.2) is 19.7 Å². The molecular formula is C12H14O3. The van der Waals surface area contributed by atoms with Gasteiger partial charge in [0.25, 0.3) is 0 Å². The number of cyclic esters (lactones) is 1. The number of rotatable bonds is 2. The molecule has 0 saturated carbocycles. The maximum absolute atomic E-state index is 11.1. The summed E-state index contributed by atoms with van der Waals surface area (Å²) in [7, 11) is 1.64. The first-order valence-corrected chi connectivity index (χ1v) is 4.94. The molecule has 1 aliphatic rings. The Morgan fingerprint density at radius 3 is 2.87 bits per heavy atom. The van der Waals surface area contributed by atoms with Crippen molar-refractivity contribution < 1.29 is 14.3 Å². The third-order valence-corrected chi connectivity index (χ3v) is 2.85. The minimum Gasteiger partial charge on any atom is -0.497 e. The van der Waals surface area contributed by atoms with Gasteiger partial charge in [-0.05, 0) is 17.7 Å². The van der Waals surface area contributed by atoms with Gasteiger partial charge >= 0.3 is 5.97 Å². The zero-order valence-corrected chi connectivity index (χ0v) is 8.95. The lowest BCUT2D eigenvalue weighted by Gasteiger charge is -2.20. The third-order valence-electron chi connectivity index (χ3n) is 2.85. The van der Waals surface area contributed by atoms with Gasteiger partial charge in [-0.3, -0.25) is 4.79 Å². The molecule has 0 spiro atoms. The number of benzene rings is 1. The highest BCUT2D eigenvalue weighted by atomic mass is 16.5. The van der Waals surface area contributed by atoms with Crippen LogP contribution in [0.15, 0.2) is 24.3 Å². The van der Waals surface area contributed by atoms with Gasteiger partial charge in [-0.1, -0.05) is 19.1 Å². The van der Waals surface area contributed by atoms with E-state index in [2.05, 4.69) is 0 Å². The van der Waals surface area contributed by atoms with E-state index in [0.717, 1.165) is 11.3 Å². The number of hydrogen-bond acceptors (Lipinski definition) is 3. The fourth-order valence-electron chi connectivity index (χ4n) is 1.84. The first-order valence-electron chi connectivity index (χ1n) is 4.94. The summed E-state index contributed by atoms with van der Waals surface area (Å²) >= 11 is 0. The molecule has 3 nitrogen and oxygen atoms in total. The molecule has 1 atom stereocenters. The zero-order chi connectivity index (χ0) is 10.9. The van der Waals surface area contributed by atoms with Gasteiger partial charge in [0.05, 0.1) is 13.5 Å². The van der Waals surface area contributed by atoms with E-state index < -0.39 is 0 Å². The maximum atomic E-state index is 11.1. The average Bonchev–Trinajstić information content (AvgIpc) is 2.60. The van der Waals surface area contributed by atoms with Crippen molar-refractivity contribution in [1.29, 1.82) is 0 Å². The average molecular weight is 206 g/mol. The lowest BCUT2D eigenvalue weighted by atomic mass is 9.82. The van der Waals surface area contributed by atoms with Crippen LogP contribution in [0.25, 0.3) is 0 Å². The van der Waals surface area contributed by atoms with Crippen LogP contribution in [0.2, 0.25) is 0 Å². The van der Waals surface area contributed by atoms with Gasteiger partial charge in [-0.25, -0.2) is 0 Å². The number of carbonyl (C=O) groups excluding carboxylic acids is 1. The summed E-state index contributed by atoms with van der Waals surface area (Å²) in [5, 5.41) is 0. The summed E-state index contributed by atoms with van der Waals surface area (Å²) in [6.07, 6.45) is 0.445. The quantitative estimate of drug-likeness (QED) is 0.693. The molecule has 1 aromatic rings. The largest absolute Gasteiger partial charge is 0.497 e. The molecular weight excluding hydrogens is 192 g/mol. The van der Waals surface area contributed by atoms with Gasteiger partial charge in [-0.2, -0.15) is 0 Å². The molecule has 0 aliphatic carbocycles. The Bertz CT molecular complexity index is 386. The Labute approximate surface area is 89.0 Å². The SMILES string of the molecule is COc1cccc(C2(C)COC(=O)C2)c1. The van der Waals surface area contributed by atoms with Crippen LogP contribution >= 0.6 is 0 Å². The highest BCUT2D eigenvalue weighted by Gasteiger charge is 2.37. The van der Waals surface area contributed by atoms with Crippen molar-refractivity contribution in [3.63, 3.8) is 0 Å². The van der Waals surface area contributed by atoms with Gasteiger partial charge in [0.1, 0.15) is 12.4 Å². The van der Waals surface area contributed by atoms with E-state index in [-0.39, 0.29) is 11.4 Å². The van der Waals surface area contributed by atoms with Crippen molar-refractivity contribution in [2.24, 2.45) is 0 Å². The number of carbonyl (C=O) groups is 1. The lowest BCUT2D eigenvalue weighted by molar-refractivity contribution is -0.137. The summed E-state index contributed by atoms with van der Waals surface area (Å²) in [5.74, 6) is 0.688. The molecule has 1 heterocycles. The van der Waals surface area contributed by atoms with Crippen LogP contribution in [-0.2, 0) is 14.9 Å². The number of esters is 1. The standard InChI is InChI=1S/C12H14O3/c1-12(7-11(13)15-8-12)9-4-3-5-10(6-9)14-2/h3-6H,7-8H2,1-2H3. The van der Waals surface area contributed by atoms with Crippen molar-refractivity contribution in [2.75, 3.05) is 13.7 Å². The molecule has 1 unspecified atom stereocenters. The zero-order valence-electron chi connectivity index (χ0n) is 8.95. The van der Waals surface area contributed by atoms with Crippen LogP contribution in [0.4, 0.5) is 0 Å². The van der Waals surface area contributed by atoms with E-state index in [1.807, 2.05) is 31.2 Å². The number of methoxy groups -OCH3 is 1. The molecule has 1 aliphatic heterocycles. The van der Waals surface area contributed by atoms with Crippen LogP contribution in [0.1, 0.15) is 18.9 Å². The molecule has 0 radical (unpaired) electrons. The summed E-state index contributed by atoms with van der Waals surface area (Å²) < 4.78 is 10.2. The minimum absolute atomic E-state index is 0.125. The topological polar surface area (TPSA) is 35.5 Å². The molecule has 0 aromatic heterocycles. The minimum atomic E-state index is -0.203. The van der Waals surface area contributed by atoms with Crippen molar-refractivity contribution in [2.45, 2.75) is 18.8 Å². The maximum Gasteiger partial charge on any atom is 0.306 e. The Hall–Kier alpha value is -1.51. The molecule has 1 aromatic carbocycles. The lowest BCUT2D eigenvalue weighted by Crippen LogP contribution is -2.21. The van der Waals surface area contributed by atoms with Crippen molar-refractivity contribution >= 4 is 5.97 Å². The molecule has 0 amide bonds. The monoisotopic (exact) mass is 206 g/mol. The molecule has 0 N–H and O–H groups in total. The van der Waals surface area contributed by atoms with Crippen LogP contribution in [0.3, 0.4) is 0 Å². The fourth-order valence-corrected chi connectivity index (χ4v) is 1.84. The van der Waals surface area contributed by atoms with Gasteiger partial charge in [0, 0.05) is 5.41 Å². The van der Waals surface area contributed by atoms with Crippen molar-refractivity contribution in [1.82, 2.24) is 0 Å². The summed E-state index contributed by atoms with van der Waals surface area (Å²) in [4.78, 5) is 11.1. The van der Waals surface area contributed by atoms with E-state index in [0.29, 0.717) is 13.0 Å². The predicted molar refractivity (Wildman–Crippen MR) is 55.9 cm³/mol. The highest BCUT2D eigenvalue weighted by molar-refractivity contribution is 5.74. The predicted octanol–water partition coefficient (Wildman–Crippen LogP) is 1.90. The van der Waals surface area contributed by atoms with Crippen molar-refractivity contribution in [3.05, 3.63) is 29.8 Å². The molecule has 80 valence electrons. The van der Waals surface area contributed by atoms with Crippen LogP contribution in [0.5, 0.6) is 5.75 Å². The second-order valence-corrected chi connectivity index (χ2v) is 4.13. The summed E-state index contributed by atoms with van der Waals surface area (Å²) in [6.45, 7) is 2.49. The molecule has 1 saturated heterocycles. The number of hydrogen-bond donors (Lipinski definition) is 0. The smallest absolute Gasteiger partial charge is 0.306 e. The fraction of sp³-hybridized carbons (Fsp3) is 0.417. The molecule has 3 heteroatoms. The van der Waals surface area contributed by atoms with Gasteiger partial charge in [0.2, 0.25) is 0 Å². The van der Waals surface area contributed by atoms with E-state index in [4.69, 9.17) is 9.47 Å². The Morgan fingerprint density at radius 1 is 1.47 bits per heavy atom. The van der Waals surface area contributed by atoms with Crippen molar-refractivity contribution in [3.8, 4) is 5.75 Å². The van der Waals surface area contributed by atoms with Crippen LogP contribution < -0.4 is 4.74 Å². The third kappa shape index (κ3) is 1.82. The van der Waals surface area contributed by atoms with E-state index >= 15 is 0 Å². The van der Waals surface area contributed by atoms with Gasteiger partial charge in [0.15, 0.2) is 0 Å². The molecule has 2 rings (SSSR count). The Balaban J connectivity index is 2.32. The second kappa shape index (κ2) is 3.57. The second-order valence-electron chi connectivity index (χ2n) is 4.13. The first kappa shape index (κ1) is 10.0. The number of ether oxygens (including phenoxy) is 2. The normalized spacial score (nSPS) is 25.1.